The van der Waals surface area contributed by atoms with E-state index in [4.69, 9.17) is 0 Å². The standard InChI is InChI=1S/C24H19NS2/c1-3-9-25-10-8-19-14-22-20-12-17-4-5-18-11-15(2)26-24(18)21(17)13-16(20)6-7-23(22)27-19/h4-7,11-14,25H,3,9H2,1-2H3. The van der Waals surface area contributed by atoms with Crippen LogP contribution < -0.4 is 5.32 Å². The highest BCUT2D eigenvalue weighted by molar-refractivity contribution is 7.20. The van der Waals surface area contributed by atoms with Crippen molar-refractivity contribution in [2.24, 2.45) is 0 Å². The van der Waals surface area contributed by atoms with Crippen molar-refractivity contribution in [3.05, 3.63) is 58.3 Å². The van der Waals surface area contributed by atoms with Gasteiger partial charge in [0.1, 0.15) is 0 Å². The Morgan fingerprint density at radius 1 is 0.852 bits per heavy atom. The molecule has 2 heterocycles. The molecule has 0 saturated heterocycles. The average molecular weight is 386 g/mol. The van der Waals surface area contributed by atoms with E-state index in [9.17, 15) is 0 Å². The summed E-state index contributed by atoms with van der Waals surface area (Å²) in [4.78, 5) is 2.48. The van der Waals surface area contributed by atoms with Crippen LogP contribution in [-0.4, -0.2) is 6.54 Å². The smallest absolute Gasteiger partial charge is 0.0799 e. The van der Waals surface area contributed by atoms with Gasteiger partial charge in [-0.15, -0.1) is 22.7 Å². The van der Waals surface area contributed by atoms with Crippen LogP contribution in [0.15, 0.2) is 48.5 Å². The molecule has 0 atom stereocenters. The van der Waals surface area contributed by atoms with E-state index in [0.717, 1.165) is 17.8 Å². The fraction of sp³-hybridized carbons (Fsp3) is 0.167. The van der Waals surface area contributed by atoms with E-state index in [1.807, 2.05) is 11.3 Å². The fourth-order valence-corrected chi connectivity index (χ4v) is 5.62. The van der Waals surface area contributed by atoms with Crippen LogP contribution in [0.4, 0.5) is 0 Å². The van der Waals surface area contributed by atoms with Gasteiger partial charge in [0.05, 0.1) is 4.88 Å². The first-order chi connectivity index (χ1) is 13.2. The van der Waals surface area contributed by atoms with Gasteiger partial charge in [-0.1, -0.05) is 25.1 Å². The molecule has 27 heavy (non-hydrogen) atoms. The predicted molar refractivity (Wildman–Crippen MR) is 122 cm³/mol. The minimum absolute atomic E-state index is 0.934. The maximum atomic E-state index is 3.26. The van der Waals surface area contributed by atoms with Crippen molar-refractivity contribution in [1.29, 1.82) is 0 Å². The molecule has 3 aromatic carbocycles. The van der Waals surface area contributed by atoms with E-state index in [1.54, 1.807) is 11.3 Å². The minimum atomic E-state index is 0.934. The highest BCUT2D eigenvalue weighted by Gasteiger charge is 2.09. The highest BCUT2D eigenvalue weighted by atomic mass is 32.1. The zero-order chi connectivity index (χ0) is 18.4. The number of hydrogen-bond donors (Lipinski definition) is 1. The Balaban J connectivity index is 1.71. The van der Waals surface area contributed by atoms with Crippen molar-refractivity contribution in [2.75, 3.05) is 6.54 Å². The van der Waals surface area contributed by atoms with Crippen molar-refractivity contribution in [3.8, 4) is 12.0 Å². The van der Waals surface area contributed by atoms with E-state index < -0.39 is 0 Å². The second-order valence-electron chi connectivity index (χ2n) is 6.90. The molecule has 0 fully saturated rings. The molecule has 1 N–H and O–H groups in total. The topological polar surface area (TPSA) is 12.0 Å². The lowest BCUT2D eigenvalue weighted by Crippen LogP contribution is -2.05. The molecule has 5 rings (SSSR count). The van der Waals surface area contributed by atoms with Gasteiger partial charge in [-0.3, -0.25) is 0 Å². The molecule has 0 spiro atoms. The van der Waals surface area contributed by atoms with E-state index in [0.29, 0.717) is 0 Å². The van der Waals surface area contributed by atoms with Crippen LogP contribution in [0.5, 0.6) is 0 Å². The van der Waals surface area contributed by atoms with Crippen molar-refractivity contribution >= 4 is 64.4 Å². The summed E-state index contributed by atoms with van der Waals surface area (Å²) in [5.74, 6) is 3.26. The van der Waals surface area contributed by atoms with Gasteiger partial charge in [-0.2, -0.15) is 0 Å². The van der Waals surface area contributed by atoms with Gasteiger partial charge in [-0.25, -0.2) is 0 Å². The molecule has 3 heteroatoms. The molecular weight excluding hydrogens is 366 g/mol. The Kier molecular flexibility index (Phi) is 4.04. The number of aryl methyl sites for hydroxylation is 1. The summed E-state index contributed by atoms with van der Waals surface area (Å²) in [6.07, 6.45) is 1.09. The predicted octanol–water partition coefficient (Wildman–Crippen LogP) is 7.04. The summed E-state index contributed by atoms with van der Waals surface area (Å²) < 4.78 is 2.69. The molecule has 0 aliphatic heterocycles. The molecule has 132 valence electrons. The Morgan fingerprint density at radius 2 is 1.63 bits per heavy atom. The molecule has 1 nitrogen and oxygen atoms in total. The highest BCUT2D eigenvalue weighted by Crippen LogP contribution is 2.38. The summed E-state index contributed by atoms with van der Waals surface area (Å²) in [5, 5.41) is 11.1. The van der Waals surface area contributed by atoms with E-state index in [-0.39, 0.29) is 0 Å². The van der Waals surface area contributed by atoms with Crippen LogP contribution >= 0.6 is 22.7 Å². The van der Waals surface area contributed by atoms with Gasteiger partial charge >= 0.3 is 0 Å². The Labute approximate surface area is 166 Å². The van der Waals surface area contributed by atoms with Crippen LogP contribution in [-0.2, 0) is 0 Å². The second kappa shape index (κ2) is 6.56. The zero-order valence-corrected chi connectivity index (χ0v) is 17.0. The number of nitrogens with one attached hydrogen (secondary N) is 1. The first-order valence-electron chi connectivity index (χ1n) is 9.26. The zero-order valence-electron chi connectivity index (χ0n) is 15.3. The molecule has 0 unspecified atom stereocenters. The van der Waals surface area contributed by atoms with Crippen molar-refractivity contribution in [3.63, 3.8) is 0 Å². The summed E-state index contributed by atoms with van der Waals surface area (Å²) >= 11 is 3.66. The normalized spacial score (nSPS) is 11.3. The first kappa shape index (κ1) is 16.6. The Morgan fingerprint density at radius 3 is 2.52 bits per heavy atom. The van der Waals surface area contributed by atoms with E-state index in [1.165, 1.54) is 46.6 Å². The quantitative estimate of drug-likeness (QED) is 0.149. The molecule has 0 saturated carbocycles. The number of thiophene rings is 2. The van der Waals surface area contributed by atoms with Crippen LogP contribution in [0.2, 0.25) is 0 Å². The second-order valence-corrected chi connectivity index (χ2v) is 9.24. The number of hydrogen-bond acceptors (Lipinski definition) is 3. The van der Waals surface area contributed by atoms with Crippen LogP contribution in [0.3, 0.4) is 0 Å². The lowest BCUT2D eigenvalue weighted by molar-refractivity contribution is 0.829. The third-order valence-corrected chi connectivity index (χ3v) is 7.02. The average Bonchev–Trinajstić information content (AvgIpc) is 3.26. The Hall–Kier alpha value is -2.54. The summed E-state index contributed by atoms with van der Waals surface area (Å²) in [6.45, 7) is 5.27. The monoisotopic (exact) mass is 385 g/mol. The van der Waals surface area contributed by atoms with E-state index in [2.05, 4.69) is 79.7 Å². The van der Waals surface area contributed by atoms with Gasteiger partial charge in [0, 0.05) is 37.6 Å². The largest absolute Gasteiger partial charge is 0.346 e. The van der Waals surface area contributed by atoms with E-state index >= 15 is 0 Å². The number of rotatable bonds is 2. The van der Waals surface area contributed by atoms with Gasteiger partial charge in [0.2, 0.25) is 0 Å². The van der Waals surface area contributed by atoms with Crippen LogP contribution in [0.25, 0.3) is 41.7 Å². The minimum Gasteiger partial charge on any atom is -0.346 e. The van der Waals surface area contributed by atoms with Crippen LogP contribution in [0, 0.1) is 18.9 Å². The van der Waals surface area contributed by atoms with Crippen molar-refractivity contribution in [2.45, 2.75) is 20.3 Å². The molecule has 0 aliphatic rings. The van der Waals surface area contributed by atoms with Gasteiger partial charge in [0.25, 0.3) is 0 Å². The number of benzene rings is 3. The third kappa shape index (κ3) is 2.86. The van der Waals surface area contributed by atoms with Crippen molar-refractivity contribution < 1.29 is 0 Å². The van der Waals surface area contributed by atoms with Gasteiger partial charge in [-0.05, 0) is 71.1 Å². The molecule has 2 aromatic heterocycles. The van der Waals surface area contributed by atoms with Gasteiger partial charge in [0.15, 0.2) is 0 Å². The SMILES string of the molecule is CCCNC#Cc1cc2c(ccc3cc4c(ccc5cc(C)sc54)cc32)s1. The maximum absolute atomic E-state index is 3.26. The lowest BCUT2D eigenvalue weighted by atomic mass is 10.0. The van der Waals surface area contributed by atoms with Crippen molar-refractivity contribution in [1.82, 2.24) is 5.32 Å². The summed E-state index contributed by atoms with van der Waals surface area (Å²) in [7, 11) is 0. The molecule has 0 bridgehead atoms. The van der Waals surface area contributed by atoms with Gasteiger partial charge < -0.3 is 5.32 Å². The van der Waals surface area contributed by atoms with Crippen LogP contribution in [0.1, 0.15) is 23.1 Å². The molecule has 0 amide bonds. The Bertz CT molecular complexity index is 1380. The summed E-state index contributed by atoms with van der Waals surface area (Å²) in [5.41, 5.74) is 0. The lowest BCUT2D eigenvalue weighted by Gasteiger charge is -2.05. The fourth-order valence-electron chi connectivity index (χ4n) is 3.65. The first-order valence-corrected chi connectivity index (χ1v) is 10.9. The molecular formula is C24H19NS2. The molecule has 0 radical (unpaired) electrons. The third-order valence-electron chi connectivity index (χ3n) is 4.91. The molecule has 0 aliphatic carbocycles. The summed E-state index contributed by atoms with van der Waals surface area (Å²) in [6, 6.07) is 21.3. The molecule has 5 aromatic rings. The maximum Gasteiger partial charge on any atom is 0.0799 e. The number of fused-ring (bicyclic) bond motifs is 6.